The molecular formula is C25H30N6O. The molecule has 0 bridgehead atoms. The molecule has 0 amide bonds. The van der Waals surface area contributed by atoms with Gasteiger partial charge in [0, 0.05) is 56.5 Å². The van der Waals surface area contributed by atoms with Crippen molar-refractivity contribution in [2.24, 2.45) is 4.99 Å². The van der Waals surface area contributed by atoms with E-state index < -0.39 is 0 Å². The van der Waals surface area contributed by atoms with Crippen LogP contribution in [0, 0.1) is 6.92 Å². The molecule has 0 spiro atoms. The molecule has 2 heterocycles. The van der Waals surface area contributed by atoms with Crippen molar-refractivity contribution in [3.63, 3.8) is 0 Å². The van der Waals surface area contributed by atoms with Gasteiger partial charge in [-0.3, -0.25) is 4.99 Å². The molecule has 1 aliphatic heterocycles. The summed E-state index contributed by atoms with van der Waals surface area (Å²) >= 11 is 0. The zero-order chi connectivity index (χ0) is 22.5. The second-order valence-electron chi connectivity index (χ2n) is 7.94. The number of anilines is 1. The van der Waals surface area contributed by atoms with E-state index in [9.17, 15) is 5.11 Å². The van der Waals surface area contributed by atoms with Crippen LogP contribution in [0.5, 0.6) is 0 Å². The van der Waals surface area contributed by atoms with Gasteiger partial charge in [0.05, 0.1) is 17.4 Å². The normalized spacial score (nSPS) is 15.9. The second-order valence-corrected chi connectivity index (χ2v) is 7.94. The number of allylic oxidation sites excluding steroid dienone is 1. The van der Waals surface area contributed by atoms with Crippen LogP contribution in [0.3, 0.4) is 0 Å². The standard InChI is InChI=1S/C25H30N6O/c1-17-25-21-9-8-19(20(15-26-2)16-27-3)14-22(21)24(10-12-31(25)30-29-17)28-23-7-5-4-6-18(23)11-13-32/h4-9,14-16,24,26,28,32H,10-13H2,1-3H3/b20-15+,27-16-. The molecule has 1 aliphatic rings. The lowest BCUT2D eigenvalue weighted by atomic mass is 9.92. The van der Waals surface area contributed by atoms with Crippen LogP contribution in [0.15, 0.2) is 53.7 Å². The Labute approximate surface area is 188 Å². The first-order chi connectivity index (χ1) is 15.7. The van der Waals surface area contributed by atoms with E-state index >= 15 is 0 Å². The molecule has 0 fully saturated rings. The van der Waals surface area contributed by atoms with Gasteiger partial charge >= 0.3 is 0 Å². The summed E-state index contributed by atoms with van der Waals surface area (Å²) in [6, 6.07) is 14.8. The molecule has 3 aromatic rings. The fraction of sp³-hybridized carbons (Fsp3) is 0.320. The average Bonchev–Trinajstić information content (AvgIpc) is 3.09. The van der Waals surface area contributed by atoms with Gasteiger partial charge < -0.3 is 15.7 Å². The van der Waals surface area contributed by atoms with Crippen molar-refractivity contribution in [2.45, 2.75) is 32.4 Å². The van der Waals surface area contributed by atoms with Gasteiger partial charge in [-0.05, 0) is 48.6 Å². The maximum atomic E-state index is 9.50. The van der Waals surface area contributed by atoms with Crippen LogP contribution >= 0.6 is 0 Å². The van der Waals surface area contributed by atoms with Crippen molar-refractivity contribution in [1.82, 2.24) is 20.3 Å². The van der Waals surface area contributed by atoms with Crippen LogP contribution in [0.1, 0.15) is 34.8 Å². The number of aromatic nitrogens is 3. The van der Waals surface area contributed by atoms with Gasteiger partial charge in [-0.1, -0.05) is 35.5 Å². The number of para-hydroxylation sites is 1. The molecule has 0 aliphatic carbocycles. The van der Waals surface area contributed by atoms with E-state index in [4.69, 9.17) is 0 Å². The maximum Gasteiger partial charge on any atom is 0.0918 e. The molecular weight excluding hydrogens is 400 g/mol. The van der Waals surface area contributed by atoms with Crippen LogP contribution in [-0.2, 0) is 13.0 Å². The molecule has 0 radical (unpaired) electrons. The topological polar surface area (TPSA) is 87.4 Å². The van der Waals surface area contributed by atoms with E-state index in [0.717, 1.165) is 52.3 Å². The number of aliphatic imine (C=N–C) groups is 1. The molecule has 2 aromatic carbocycles. The lowest BCUT2D eigenvalue weighted by Gasteiger charge is -2.23. The molecule has 3 N–H and O–H groups in total. The molecule has 0 saturated heterocycles. The van der Waals surface area contributed by atoms with E-state index in [-0.39, 0.29) is 12.6 Å². The van der Waals surface area contributed by atoms with Crippen molar-refractivity contribution in [3.05, 3.63) is 71.0 Å². The highest BCUT2D eigenvalue weighted by Crippen LogP contribution is 2.38. The molecule has 32 heavy (non-hydrogen) atoms. The van der Waals surface area contributed by atoms with Crippen molar-refractivity contribution >= 4 is 17.5 Å². The summed E-state index contributed by atoms with van der Waals surface area (Å²) in [5.41, 5.74) is 8.63. The van der Waals surface area contributed by atoms with Crippen molar-refractivity contribution in [1.29, 1.82) is 0 Å². The summed E-state index contributed by atoms with van der Waals surface area (Å²) in [6.07, 6.45) is 5.31. The van der Waals surface area contributed by atoms with Crippen LogP contribution in [0.4, 0.5) is 5.69 Å². The number of aryl methyl sites for hydroxylation is 2. The van der Waals surface area contributed by atoms with E-state index in [0.29, 0.717) is 6.42 Å². The third kappa shape index (κ3) is 4.29. The smallest absolute Gasteiger partial charge is 0.0918 e. The molecule has 166 valence electrons. The number of benzene rings is 2. The maximum absolute atomic E-state index is 9.50. The summed E-state index contributed by atoms with van der Waals surface area (Å²) in [7, 11) is 3.67. The molecule has 1 aromatic heterocycles. The van der Waals surface area contributed by atoms with Gasteiger partial charge in [-0.15, -0.1) is 5.10 Å². The Morgan fingerprint density at radius 2 is 2.12 bits per heavy atom. The third-order valence-corrected chi connectivity index (χ3v) is 5.84. The largest absolute Gasteiger partial charge is 0.396 e. The summed E-state index contributed by atoms with van der Waals surface area (Å²) in [6.45, 7) is 2.91. The highest BCUT2D eigenvalue weighted by molar-refractivity contribution is 6.09. The number of nitrogens with one attached hydrogen (secondary N) is 2. The number of aliphatic hydroxyl groups is 1. The predicted octanol–water partition coefficient (Wildman–Crippen LogP) is 3.61. The van der Waals surface area contributed by atoms with Gasteiger partial charge in [-0.2, -0.15) is 0 Å². The molecule has 0 saturated carbocycles. The molecule has 1 atom stereocenters. The van der Waals surface area contributed by atoms with Crippen LogP contribution in [-0.4, -0.2) is 47.0 Å². The number of rotatable bonds is 7. The third-order valence-electron chi connectivity index (χ3n) is 5.84. The zero-order valence-electron chi connectivity index (χ0n) is 18.8. The van der Waals surface area contributed by atoms with Crippen molar-refractivity contribution < 1.29 is 5.11 Å². The minimum Gasteiger partial charge on any atom is -0.396 e. The summed E-state index contributed by atoms with van der Waals surface area (Å²) < 4.78 is 2.01. The van der Waals surface area contributed by atoms with E-state index in [1.165, 1.54) is 5.56 Å². The summed E-state index contributed by atoms with van der Waals surface area (Å²) in [5.74, 6) is 0. The average molecular weight is 431 g/mol. The monoisotopic (exact) mass is 430 g/mol. The quantitative estimate of drug-likeness (QED) is 0.499. The number of fused-ring (bicyclic) bond motifs is 3. The second kappa shape index (κ2) is 9.78. The van der Waals surface area contributed by atoms with Crippen LogP contribution in [0.2, 0.25) is 0 Å². The minimum absolute atomic E-state index is 0.0836. The molecule has 4 rings (SSSR count). The van der Waals surface area contributed by atoms with E-state index in [1.807, 2.05) is 43.2 Å². The Morgan fingerprint density at radius 3 is 2.91 bits per heavy atom. The van der Waals surface area contributed by atoms with Gasteiger partial charge in [-0.25, -0.2) is 4.68 Å². The van der Waals surface area contributed by atoms with Crippen molar-refractivity contribution in [2.75, 3.05) is 26.0 Å². The highest BCUT2D eigenvalue weighted by Gasteiger charge is 2.26. The Kier molecular flexibility index (Phi) is 6.66. The van der Waals surface area contributed by atoms with Crippen LogP contribution < -0.4 is 10.6 Å². The van der Waals surface area contributed by atoms with Gasteiger partial charge in [0.15, 0.2) is 0 Å². The fourth-order valence-electron chi connectivity index (χ4n) is 4.37. The Morgan fingerprint density at radius 1 is 1.28 bits per heavy atom. The molecule has 1 unspecified atom stereocenters. The first kappa shape index (κ1) is 21.8. The Balaban J connectivity index is 1.83. The Bertz CT molecular complexity index is 1150. The molecule has 7 heteroatoms. The highest BCUT2D eigenvalue weighted by atomic mass is 16.2. The number of hydrogen-bond donors (Lipinski definition) is 3. The number of hydrogen-bond acceptors (Lipinski definition) is 6. The number of nitrogens with zero attached hydrogens (tertiary/aromatic N) is 4. The SMILES string of the molecule is C/N=C\C(=C/NC)c1ccc2c(c1)C(Nc1ccccc1CCO)CCn1nnc(C)c1-2. The van der Waals surface area contributed by atoms with Crippen molar-refractivity contribution in [3.8, 4) is 11.3 Å². The lowest BCUT2D eigenvalue weighted by molar-refractivity contribution is 0.300. The van der Waals surface area contributed by atoms with Gasteiger partial charge in [0.25, 0.3) is 0 Å². The zero-order valence-corrected chi connectivity index (χ0v) is 18.8. The fourth-order valence-corrected chi connectivity index (χ4v) is 4.37. The van der Waals surface area contributed by atoms with Gasteiger partial charge in [0.2, 0.25) is 0 Å². The first-order valence-electron chi connectivity index (χ1n) is 11.0. The van der Waals surface area contributed by atoms with E-state index in [2.05, 4.69) is 56.3 Å². The minimum atomic E-state index is 0.0836. The van der Waals surface area contributed by atoms with Crippen LogP contribution in [0.25, 0.3) is 16.8 Å². The lowest BCUT2D eigenvalue weighted by Crippen LogP contribution is -2.14. The first-order valence-corrected chi connectivity index (χ1v) is 11.0. The predicted molar refractivity (Wildman–Crippen MR) is 130 cm³/mol. The summed E-state index contributed by atoms with van der Waals surface area (Å²) in [5, 5.41) is 25.1. The number of aliphatic hydroxyl groups excluding tert-OH is 1. The van der Waals surface area contributed by atoms with Gasteiger partial charge in [0.1, 0.15) is 0 Å². The summed E-state index contributed by atoms with van der Waals surface area (Å²) in [4.78, 5) is 4.23. The molecule has 7 nitrogen and oxygen atoms in total. The van der Waals surface area contributed by atoms with E-state index in [1.54, 1.807) is 7.05 Å². The Hall–Kier alpha value is -3.45.